The average Bonchev–Trinajstić information content (AvgIpc) is 2.35. The summed E-state index contributed by atoms with van der Waals surface area (Å²) in [7, 11) is 0. The number of carboxylic acid groups (broad SMARTS) is 1. The van der Waals surface area contributed by atoms with Crippen LogP contribution in [-0.4, -0.2) is 16.1 Å². The van der Waals surface area contributed by atoms with E-state index in [-0.39, 0.29) is 15.1 Å². The smallest absolute Gasteiger partial charge is 0.340 e. The highest BCUT2D eigenvalue weighted by molar-refractivity contribution is 6.48. The summed E-state index contributed by atoms with van der Waals surface area (Å²) in [6.45, 7) is 0. The zero-order chi connectivity index (χ0) is 14.2. The van der Waals surface area contributed by atoms with E-state index < -0.39 is 17.5 Å². The normalized spacial score (nSPS) is 10.5. The van der Waals surface area contributed by atoms with Crippen LogP contribution in [0.3, 0.4) is 0 Å². The maximum Gasteiger partial charge on any atom is 0.340 e. The van der Waals surface area contributed by atoms with Crippen LogP contribution in [-0.2, 0) is 0 Å². The molecule has 0 spiro atoms. The van der Waals surface area contributed by atoms with Gasteiger partial charge in [0.15, 0.2) is 0 Å². The number of nitrogens with zero attached hydrogens (tertiary/aromatic N) is 1. The second-order valence-corrected chi connectivity index (χ2v) is 4.81. The van der Waals surface area contributed by atoms with Gasteiger partial charge in [-0.3, -0.25) is 0 Å². The molecule has 7 heteroatoms. The molecule has 0 unspecified atom stereocenters. The number of aromatic carboxylic acids is 1. The molecule has 1 N–H and O–H groups in total. The molecule has 0 atom stereocenters. The van der Waals surface area contributed by atoms with Crippen LogP contribution in [0.4, 0.5) is 4.39 Å². The van der Waals surface area contributed by atoms with Crippen molar-refractivity contribution in [3.05, 3.63) is 51.0 Å². The van der Waals surface area contributed by atoms with E-state index in [9.17, 15) is 9.18 Å². The van der Waals surface area contributed by atoms with Gasteiger partial charge in [-0.25, -0.2) is 9.78 Å². The number of hydrogen-bond acceptors (Lipinski definition) is 2. The van der Waals surface area contributed by atoms with Crippen LogP contribution in [0.5, 0.6) is 0 Å². The van der Waals surface area contributed by atoms with Crippen LogP contribution < -0.4 is 0 Å². The molecule has 2 aromatic rings. The fourth-order valence-corrected chi connectivity index (χ4v) is 2.07. The van der Waals surface area contributed by atoms with Gasteiger partial charge in [0.05, 0.1) is 15.1 Å². The van der Waals surface area contributed by atoms with Gasteiger partial charge in [0.2, 0.25) is 5.95 Å². The van der Waals surface area contributed by atoms with E-state index in [1.165, 1.54) is 18.3 Å². The zero-order valence-electron chi connectivity index (χ0n) is 9.12. The highest BCUT2D eigenvalue weighted by Gasteiger charge is 2.14. The van der Waals surface area contributed by atoms with Gasteiger partial charge in [0, 0.05) is 11.8 Å². The standard InChI is InChI=1S/C12H5Cl3FNO2/c13-8-2-5(3-9(14)10(8)15)6-1-7(12(18)19)11(16)17-4-6/h1-4H,(H,18,19). The minimum Gasteiger partial charge on any atom is -0.478 e. The Morgan fingerprint density at radius 3 is 2.21 bits per heavy atom. The maximum absolute atomic E-state index is 13.2. The summed E-state index contributed by atoms with van der Waals surface area (Å²) in [4.78, 5) is 14.2. The van der Waals surface area contributed by atoms with Crippen molar-refractivity contribution < 1.29 is 14.3 Å². The van der Waals surface area contributed by atoms with Crippen molar-refractivity contribution in [3.8, 4) is 11.1 Å². The lowest BCUT2D eigenvalue weighted by molar-refractivity contribution is 0.0691. The Bertz CT molecular complexity index is 653. The van der Waals surface area contributed by atoms with Crippen molar-refractivity contribution in [2.24, 2.45) is 0 Å². The Labute approximate surface area is 122 Å². The van der Waals surface area contributed by atoms with Gasteiger partial charge < -0.3 is 5.11 Å². The average molecular weight is 321 g/mol. The lowest BCUT2D eigenvalue weighted by Gasteiger charge is -2.06. The number of carbonyl (C=O) groups is 1. The second kappa shape index (κ2) is 5.33. The predicted molar refractivity (Wildman–Crippen MR) is 71.6 cm³/mol. The number of pyridine rings is 1. The van der Waals surface area contributed by atoms with E-state index in [4.69, 9.17) is 39.9 Å². The van der Waals surface area contributed by atoms with E-state index in [1.807, 2.05) is 0 Å². The molecule has 0 saturated carbocycles. The molecule has 0 aliphatic rings. The molecule has 19 heavy (non-hydrogen) atoms. The highest BCUT2D eigenvalue weighted by Crippen LogP contribution is 2.35. The Balaban J connectivity index is 2.60. The van der Waals surface area contributed by atoms with Gasteiger partial charge in [-0.1, -0.05) is 34.8 Å². The Kier molecular flexibility index (Phi) is 3.94. The number of halogens is 4. The number of rotatable bonds is 2. The number of benzene rings is 1. The molecule has 3 nitrogen and oxygen atoms in total. The monoisotopic (exact) mass is 319 g/mol. The van der Waals surface area contributed by atoms with Gasteiger partial charge in [0.25, 0.3) is 0 Å². The third-order valence-corrected chi connectivity index (χ3v) is 3.58. The zero-order valence-corrected chi connectivity index (χ0v) is 11.4. The maximum atomic E-state index is 13.2. The fourth-order valence-electron chi connectivity index (χ4n) is 1.48. The van der Waals surface area contributed by atoms with E-state index in [0.717, 1.165) is 6.07 Å². The Morgan fingerprint density at radius 2 is 1.68 bits per heavy atom. The minimum absolute atomic E-state index is 0.195. The minimum atomic E-state index is -1.40. The number of hydrogen-bond donors (Lipinski definition) is 1. The molecule has 1 aromatic carbocycles. The van der Waals surface area contributed by atoms with Gasteiger partial charge in [-0.2, -0.15) is 4.39 Å². The van der Waals surface area contributed by atoms with Crippen LogP contribution in [0.15, 0.2) is 24.4 Å². The van der Waals surface area contributed by atoms with E-state index >= 15 is 0 Å². The number of aromatic nitrogens is 1. The van der Waals surface area contributed by atoms with Crippen molar-refractivity contribution in [2.75, 3.05) is 0 Å². The van der Waals surface area contributed by atoms with Crippen molar-refractivity contribution >= 4 is 40.8 Å². The molecule has 0 radical (unpaired) electrons. The first kappa shape index (κ1) is 14.1. The molecule has 1 heterocycles. The third-order valence-electron chi connectivity index (χ3n) is 2.39. The largest absolute Gasteiger partial charge is 0.478 e. The van der Waals surface area contributed by atoms with Crippen LogP contribution in [0.25, 0.3) is 11.1 Å². The first-order valence-electron chi connectivity index (χ1n) is 4.94. The first-order chi connectivity index (χ1) is 8.90. The summed E-state index contributed by atoms with van der Waals surface area (Å²) in [6, 6.07) is 4.15. The summed E-state index contributed by atoms with van der Waals surface area (Å²) in [5, 5.41) is 9.46. The molecule has 2 rings (SSSR count). The summed E-state index contributed by atoms with van der Waals surface area (Å²) < 4.78 is 13.2. The van der Waals surface area contributed by atoms with Crippen molar-refractivity contribution in [2.45, 2.75) is 0 Å². The van der Waals surface area contributed by atoms with Crippen molar-refractivity contribution in [1.29, 1.82) is 0 Å². The molecular weight excluding hydrogens is 315 g/mol. The van der Waals surface area contributed by atoms with E-state index in [2.05, 4.69) is 4.98 Å². The Hall–Kier alpha value is -1.36. The number of carboxylic acids is 1. The summed E-state index contributed by atoms with van der Waals surface area (Å²) >= 11 is 17.6. The molecule has 0 aliphatic heterocycles. The fraction of sp³-hybridized carbons (Fsp3) is 0. The topological polar surface area (TPSA) is 50.2 Å². The lowest BCUT2D eigenvalue weighted by atomic mass is 10.1. The van der Waals surface area contributed by atoms with Gasteiger partial charge in [0.1, 0.15) is 5.56 Å². The van der Waals surface area contributed by atoms with Crippen LogP contribution >= 0.6 is 34.8 Å². The summed E-state index contributed by atoms with van der Waals surface area (Å²) in [6.07, 6.45) is 1.19. The second-order valence-electron chi connectivity index (χ2n) is 3.62. The van der Waals surface area contributed by atoms with Crippen molar-refractivity contribution in [1.82, 2.24) is 4.98 Å². The molecule has 0 saturated heterocycles. The first-order valence-corrected chi connectivity index (χ1v) is 6.07. The Morgan fingerprint density at radius 1 is 1.11 bits per heavy atom. The third kappa shape index (κ3) is 2.81. The highest BCUT2D eigenvalue weighted by atomic mass is 35.5. The lowest BCUT2D eigenvalue weighted by Crippen LogP contribution is -2.02. The van der Waals surface area contributed by atoms with Crippen LogP contribution in [0.1, 0.15) is 10.4 Å². The summed E-state index contributed by atoms with van der Waals surface area (Å²) in [5.41, 5.74) is 0.341. The molecule has 0 bridgehead atoms. The van der Waals surface area contributed by atoms with Gasteiger partial charge in [-0.15, -0.1) is 0 Å². The quantitative estimate of drug-likeness (QED) is 0.652. The molecule has 98 valence electrons. The van der Waals surface area contributed by atoms with Gasteiger partial charge >= 0.3 is 5.97 Å². The van der Waals surface area contributed by atoms with Crippen molar-refractivity contribution in [3.63, 3.8) is 0 Å². The summed E-state index contributed by atoms with van der Waals surface area (Å²) in [5.74, 6) is -2.46. The molecule has 0 amide bonds. The van der Waals surface area contributed by atoms with Crippen LogP contribution in [0, 0.1) is 5.95 Å². The molecular formula is C12H5Cl3FNO2. The molecule has 1 aromatic heterocycles. The van der Waals surface area contributed by atoms with Gasteiger partial charge in [-0.05, 0) is 23.8 Å². The molecule has 0 fully saturated rings. The molecule has 0 aliphatic carbocycles. The SMILES string of the molecule is O=C(O)c1cc(-c2cc(Cl)c(Cl)c(Cl)c2)cnc1F. The van der Waals surface area contributed by atoms with Crippen LogP contribution in [0.2, 0.25) is 15.1 Å². The van der Waals surface area contributed by atoms with E-state index in [0.29, 0.717) is 11.1 Å². The van der Waals surface area contributed by atoms with E-state index in [1.54, 1.807) is 0 Å². The predicted octanol–water partition coefficient (Wildman–Crippen LogP) is 4.55.